The van der Waals surface area contributed by atoms with Crippen LogP contribution in [0.1, 0.15) is 74.6 Å². The van der Waals surface area contributed by atoms with E-state index in [9.17, 15) is 0 Å². The molecule has 0 saturated heterocycles. The van der Waals surface area contributed by atoms with Gasteiger partial charge in [0.2, 0.25) is 0 Å². The number of aromatic nitrogens is 3. The molecule has 2 saturated carbocycles. The molecule has 4 atom stereocenters. The van der Waals surface area contributed by atoms with Crippen LogP contribution < -0.4 is 0 Å². The second-order valence-electron chi connectivity index (χ2n) is 12.0. The smallest absolute Gasteiger partial charge is 0.0894 e. The normalized spacial score (nSPS) is 29.9. The number of hydrogen-bond donors (Lipinski definition) is 0. The monoisotopic (exact) mass is 421 g/mol. The number of pyridine rings is 3. The van der Waals surface area contributed by atoms with E-state index >= 15 is 0 Å². The van der Waals surface area contributed by atoms with Crippen molar-refractivity contribution in [2.24, 2.45) is 22.7 Å². The van der Waals surface area contributed by atoms with Crippen molar-refractivity contribution in [1.29, 1.82) is 0 Å². The first-order valence-electron chi connectivity index (χ1n) is 12.3. The van der Waals surface area contributed by atoms with Crippen LogP contribution in [0.15, 0.2) is 42.7 Å². The summed E-state index contributed by atoms with van der Waals surface area (Å²) in [5.41, 5.74) is 10.6. The molecule has 32 heavy (non-hydrogen) atoms. The van der Waals surface area contributed by atoms with Gasteiger partial charge in [0, 0.05) is 12.4 Å². The zero-order valence-electron chi connectivity index (χ0n) is 19.5. The van der Waals surface area contributed by atoms with E-state index < -0.39 is 0 Å². The molecule has 6 aliphatic rings. The maximum atomic E-state index is 5.03. The molecule has 0 unspecified atom stereocenters. The summed E-state index contributed by atoms with van der Waals surface area (Å²) < 4.78 is 0. The average molecular weight is 422 g/mol. The van der Waals surface area contributed by atoms with Gasteiger partial charge in [-0.05, 0) is 107 Å². The minimum atomic E-state index is 0.419. The quantitative estimate of drug-likeness (QED) is 0.469. The van der Waals surface area contributed by atoms with Gasteiger partial charge in [-0.15, -0.1) is 0 Å². The molecule has 9 rings (SSSR count). The highest BCUT2D eigenvalue weighted by atomic mass is 14.8. The van der Waals surface area contributed by atoms with Gasteiger partial charge in [0.05, 0.1) is 22.8 Å². The van der Waals surface area contributed by atoms with Gasteiger partial charge in [0.15, 0.2) is 0 Å². The van der Waals surface area contributed by atoms with Crippen molar-refractivity contribution in [3.63, 3.8) is 0 Å². The van der Waals surface area contributed by atoms with Gasteiger partial charge in [-0.3, -0.25) is 9.97 Å². The van der Waals surface area contributed by atoms with Crippen LogP contribution >= 0.6 is 0 Å². The molecule has 0 N–H and O–H groups in total. The van der Waals surface area contributed by atoms with Crippen LogP contribution in [0.2, 0.25) is 0 Å². The van der Waals surface area contributed by atoms with Crippen LogP contribution in [-0.2, 0) is 12.8 Å². The number of rotatable bonds is 2. The summed E-state index contributed by atoms with van der Waals surface area (Å²) in [5, 5.41) is 0. The number of hydrogen-bond acceptors (Lipinski definition) is 3. The molecular weight excluding hydrogens is 390 g/mol. The lowest BCUT2D eigenvalue weighted by Crippen LogP contribution is -2.48. The van der Waals surface area contributed by atoms with E-state index in [-0.39, 0.29) is 0 Å². The second-order valence-corrected chi connectivity index (χ2v) is 12.0. The molecule has 3 aromatic rings. The van der Waals surface area contributed by atoms with Gasteiger partial charge < -0.3 is 0 Å². The molecule has 162 valence electrons. The predicted molar refractivity (Wildman–Crippen MR) is 127 cm³/mol. The van der Waals surface area contributed by atoms with Crippen molar-refractivity contribution in [3.8, 4) is 22.8 Å². The second kappa shape index (κ2) is 6.07. The molecule has 0 amide bonds. The van der Waals surface area contributed by atoms with Crippen LogP contribution in [0, 0.1) is 22.7 Å². The van der Waals surface area contributed by atoms with Gasteiger partial charge in [-0.2, -0.15) is 0 Å². The van der Waals surface area contributed by atoms with E-state index in [0.29, 0.717) is 22.7 Å². The molecule has 4 bridgehead atoms. The Hall–Kier alpha value is -2.55. The lowest BCUT2D eigenvalue weighted by atomic mass is 9.47. The van der Waals surface area contributed by atoms with Gasteiger partial charge in [0.1, 0.15) is 0 Å². The zero-order chi connectivity index (χ0) is 21.8. The molecule has 3 aromatic heterocycles. The minimum Gasteiger partial charge on any atom is -0.254 e. The Morgan fingerprint density at radius 3 is 1.59 bits per heavy atom. The Bertz CT molecular complexity index is 1180. The van der Waals surface area contributed by atoms with Crippen LogP contribution in [0.5, 0.6) is 0 Å². The first kappa shape index (κ1) is 19.0. The highest BCUT2D eigenvalue weighted by Gasteiger charge is 2.53. The van der Waals surface area contributed by atoms with Gasteiger partial charge >= 0.3 is 0 Å². The van der Waals surface area contributed by atoms with E-state index in [1.165, 1.54) is 47.9 Å². The standard InChI is InChI=1S/C29H31N3/c1-28(2)18-8-16-14-30-26(12-20(16)22(28)10-18)24-6-5-7-25(32-24)27-13-21-17(15-31-27)9-19-11-23(21)29(19,3)4/h5-7,12-15,18-19,22-23H,8-11H2,1-4H3/t18-,19-,22-,23-/m1/s1. The molecule has 0 aliphatic heterocycles. The van der Waals surface area contributed by atoms with Crippen LogP contribution in [0.3, 0.4) is 0 Å². The summed E-state index contributed by atoms with van der Waals surface area (Å²) in [4.78, 5) is 14.7. The van der Waals surface area contributed by atoms with Gasteiger partial charge in [-0.25, -0.2) is 4.98 Å². The summed E-state index contributed by atoms with van der Waals surface area (Å²) in [6.07, 6.45) is 9.23. The first-order chi connectivity index (χ1) is 15.3. The van der Waals surface area contributed by atoms with E-state index in [1.54, 1.807) is 0 Å². The molecule has 0 spiro atoms. The summed E-state index contributed by atoms with van der Waals surface area (Å²) in [6.45, 7) is 9.73. The lowest BCUT2D eigenvalue weighted by Gasteiger charge is -2.57. The Balaban J connectivity index is 1.26. The van der Waals surface area contributed by atoms with E-state index in [0.717, 1.165) is 34.6 Å². The summed E-state index contributed by atoms with van der Waals surface area (Å²) in [6, 6.07) is 10.9. The lowest BCUT2D eigenvalue weighted by molar-refractivity contribution is 0.0184. The summed E-state index contributed by atoms with van der Waals surface area (Å²) >= 11 is 0. The van der Waals surface area contributed by atoms with E-state index in [1.807, 2.05) is 0 Å². The summed E-state index contributed by atoms with van der Waals surface area (Å²) in [5.74, 6) is 2.97. The Kier molecular flexibility index (Phi) is 3.60. The molecule has 3 heteroatoms. The van der Waals surface area contributed by atoms with Gasteiger partial charge in [0.25, 0.3) is 0 Å². The fraction of sp³-hybridized carbons (Fsp3) is 0.483. The van der Waals surface area contributed by atoms with Crippen LogP contribution in [0.4, 0.5) is 0 Å². The van der Waals surface area contributed by atoms with Crippen molar-refractivity contribution in [1.82, 2.24) is 15.0 Å². The molecule has 3 heterocycles. The Labute approximate surface area is 190 Å². The minimum absolute atomic E-state index is 0.419. The highest BCUT2D eigenvalue weighted by Crippen LogP contribution is 2.63. The predicted octanol–water partition coefficient (Wildman–Crippen LogP) is 6.58. The fourth-order valence-electron chi connectivity index (χ4n) is 7.30. The zero-order valence-corrected chi connectivity index (χ0v) is 19.5. The average Bonchev–Trinajstić information content (AvgIpc) is 2.82. The SMILES string of the molecule is CC1(C)[C@@H]2Cc3cnc(-c4cccc(-c5cc6c(cn5)C[C@@H]5C[C@H]6C5(C)C)n4)cc3[C@H]1C2. The van der Waals surface area contributed by atoms with E-state index in [2.05, 4.69) is 70.4 Å². The highest BCUT2D eigenvalue weighted by molar-refractivity contribution is 5.64. The maximum Gasteiger partial charge on any atom is 0.0894 e. The third-order valence-corrected chi connectivity index (χ3v) is 9.94. The van der Waals surface area contributed by atoms with Crippen molar-refractivity contribution >= 4 is 0 Å². The molecular formula is C29H31N3. The topological polar surface area (TPSA) is 38.7 Å². The summed E-state index contributed by atoms with van der Waals surface area (Å²) in [7, 11) is 0. The maximum absolute atomic E-state index is 5.03. The third-order valence-electron chi connectivity index (χ3n) is 9.94. The Morgan fingerprint density at radius 2 is 1.16 bits per heavy atom. The first-order valence-corrected chi connectivity index (χ1v) is 12.3. The fourth-order valence-corrected chi connectivity index (χ4v) is 7.30. The van der Waals surface area contributed by atoms with Crippen molar-refractivity contribution in [3.05, 3.63) is 65.0 Å². The molecule has 2 fully saturated rings. The van der Waals surface area contributed by atoms with Crippen molar-refractivity contribution in [2.75, 3.05) is 0 Å². The Morgan fingerprint density at radius 1 is 0.688 bits per heavy atom. The molecule has 3 nitrogen and oxygen atoms in total. The molecule has 0 aromatic carbocycles. The van der Waals surface area contributed by atoms with E-state index in [4.69, 9.17) is 15.0 Å². The molecule has 6 aliphatic carbocycles. The van der Waals surface area contributed by atoms with Crippen LogP contribution in [-0.4, -0.2) is 15.0 Å². The number of nitrogens with zero attached hydrogens (tertiary/aromatic N) is 3. The molecule has 0 radical (unpaired) electrons. The van der Waals surface area contributed by atoms with Crippen molar-refractivity contribution < 1.29 is 0 Å². The van der Waals surface area contributed by atoms with Crippen molar-refractivity contribution in [2.45, 2.75) is 65.2 Å². The van der Waals surface area contributed by atoms with Gasteiger partial charge in [-0.1, -0.05) is 33.8 Å². The largest absolute Gasteiger partial charge is 0.254 e. The third kappa shape index (κ3) is 2.40. The van der Waals surface area contributed by atoms with Crippen LogP contribution in [0.25, 0.3) is 22.8 Å².